The highest BCUT2D eigenvalue weighted by atomic mass is 32.2. The summed E-state index contributed by atoms with van der Waals surface area (Å²) < 4.78 is 23.3. The minimum absolute atomic E-state index is 0.114. The maximum Gasteiger partial charge on any atom is 0.255 e. The highest BCUT2D eigenvalue weighted by Gasteiger charge is 2.38. The predicted molar refractivity (Wildman–Crippen MR) is 98.5 cm³/mol. The molecule has 1 saturated heterocycles. The summed E-state index contributed by atoms with van der Waals surface area (Å²) in [5, 5.41) is 0. The van der Waals surface area contributed by atoms with Crippen molar-refractivity contribution in [2.24, 2.45) is 0 Å². The maximum atomic E-state index is 13.1. The molecule has 0 unspecified atom stereocenters. The molecule has 7 nitrogen and oxygen atoms in total. The lowest BCUT2D eigenvalue weighted by Gasteiger charge is -2.37. The SMILES string of the molecule is CN1CCN(C(=O)[C@@H](CCS(C)(=O)=O)N2Cc3ccccc3C2=O)CC1. The van der Waals surface area contributed by atoms with Crippen LogP contribution in [-0.2, 0) is 21.2 Å². The fourth-order valence-corrected chi connectivity index (χ4v) is 4.16. The molecule has 26 heavy (non-hydrogen) atoms. The van der Waals surface area contributed by atoms with Gasteiger partial charge in [0.25, 0.3) is 5.91 Å². The lowest BCUT2D eigenvalue weighted by atomic mass is 10.1. The number of hydrogen-bond acceptors (Lipinski definition) is 5. The number of hydrogen-bond donors (Lipinski definition) is 0. The van der Waals surface area contributed by atoms with Gasteiger partial charge in [-0.05, 0) is 25.1 Å². The van der Waals surface area contributed by atoms with Crippen LogP contribution in [0.3, 0.4) is 0 Å². The number of rotatable bonds is 5. The fraction of sp³-hybridized carbons (Fsp3) is 0.556. The molecule has 0 bridgehead atoms. The third kappa shape index (κ3) is 4.07. The first kappa shape index (κ1) is 18.8. The number of amides is 2. The van der Waals surface area contributed by atoms with Crippen LogP contribution in [0.2, 0.25) is 0 Å². The Labute approximate surface area is 154 Å². The van der Waals surface area contributed by atoms with Gasteiger partial charge in [0, 0.05) is 44.5 Å². The van der Waals surface area contributed by atoms with Gasteiger partial charge in [-0.25, -0.2) is 8.42 Å². The van der Waals surface area contributed by atoms with Crippen LogP contribution in [0.4, 0.5) is 0 Å². The molecule has 0 radical (unpaired) electrons. The van der Waals surface area contributed by atoms with E-state index in [1.165, 1.54) is 4.90 Å². The summed E-state index contributed by atoms with van der Waals surface area (Å²) in [6.45, 7) is 3.10. The lowest BCUT2D eigenvalue weighted by Crippen LogP contribution is -2.54. The van der Waals surface area contributed by atoms with E-state index in [2.05, 4.69) is 4.90 Å². The number of benzene rings is 1. The molecule has 0 saturated carbocycles. The Balaban J connectivity index is 1.82. The van der Waals surface area contributed by atoms with E-state index in [0.29, 0.717) is 25.2 Å². The Bertz CT molecular complexity index is 800. The van der Waals surface area contributed by atoms with Crippen LogP contribution in [0, 0.1) is 0 Å². The van der Waals surface area contributed by atoms with Gasteiger partial charge in [-0.2, -0.15) is 0 Å². The monoisotopic (exact) mass is 379 g/mol. The molecule has 3 rings (SSSR count). The van der Waals surface area contributed by atoms with Gasteiger partial charge in [0.2, 0.25) is 5.91 Å². The minimum Gasteiger partial charge on any atom is -0.338 e. The Morgan fingerprint density at radius 2 is 1.81 bits per heavy atom. The number of carbonyl (C=O) groups excluding carboxylic acids is 2. The molecule has 0 N–H and O–H groups in total. The molecule has 0 aromatic heterocycles. The molecule has 0 aliphatic carbocycles. The molecular formula is C18H25N3O4S. The Morgan fingerprint density at radius 1 is 1.15 bits per heavy atom. The zero-order valence-corrected chi connectivity index (χ0v) is 16.0. The topological polar surface area (TPSA) is 78.0 Å². The first-order chi connectivity index (χ1) is 12.3. The molecule has 1 aromatic carbocycles. The summed E-state index contributed by atoms with van der Waals surface area (Å²) in [6, 6.07) is 6.55. The van der Waals surface area contributed by atoms with E-state index in [1.54, 1.807) is 17.0 Å². The van der Waals surface area contributed by atoms with Crippen molar-refractivity contribution < 1.29 is 18.0 Å². The molecule has 2 amide bonds. The van der Waals surface area contributed by atoms with Gasteiger partial charge in [0.15, 0.2) is 0 Å². The van der Waals surface area contributed by atoms with Crippen molar-refractivity contribution in [2.75, 3.05) is 45.2 Å². The second-order valence-electron chi connectivity index (χ2n) is 7.15. The molecular weight excluding hydrogens is 354 g/mol. The lowest BCUT2D eigenvalue weighted by molar-refractivity contribution is -0.137. The first-order valence-electron chi connectivity index (χ1n) is 8.80. The van der Waals surface area contributed by atoms with Gasteiger partial charge >= 0.3 is 0 Å². The van der Waals surface area contributed by atoms with Crippen molar-refractivity contribution in [2.45, 2.75) is 19.0 Å². The highest BCUT2D eigenvalue weighted by Crippen LogP contribution is 2.26. The van der Waals surface area contributed by atoms with Crippen molar-refractivity contribution >= 4 is 21.7 Å². The van der Waals surface area contributed by atoms with Gasteiger partial charge in [-0.1, -0.05) is 18.2 Å². The standard InChI is InChI=1S/C18H25N3O4S/c1-19-8-10-20(11-9-19)18(23)16(7-12-26(2,24)25)21-13-14-5-3-4-6-15(14)17(21)22/h3-6,16H,7-13H2,1-2H3/t16-/m1/s1. The summed E-state index contributed by atoms with van der Waals surface area (Å²) in [5.41, 5.74) is 1.48. The molecule has 2 heterocycles. The number of likely N-dealkylation sites (N-methyl/N-ethyl adjacent to an activating group) is 1. The van der Waals surface area contributed by atoms with Crippen LogP contribution in [-0.4, -0.2) is 86.2 Å². The van der Waals surface area contributed by atoms with E-state index in [4.69, 9.17) is 0 Å². The van der Waals surface area contributed by atoms with E-state index < -0.39 is 15.9 Å². The number of nitrogens with zero attached hydrogens (tertiary/aromatic N) is 3. The van der Waals surface area contributed by atoms with E-state index in [1.807, 2.05) is 19.2 Å². The molecule has 8 heteroatoms. The van der Waals surface area contributed by atoms with Gasteiger partial charge in [-0.3, -0.25) is 9.59 Å². The summed E-state index contributed by atoms with van der Waals surface area (Å²) in [6.07, 6.45) is 1.29. The average molecular weight is 379 g/mol. The van der Waals surface area contributed by atoms with Crippen molar-refractivity contribution in [1.82, 2.24) is 14.7 Å². The second kappa shape index (κ2) is 7.36. The van der Waals surface area contributed by atoms with E-state index in [9.17, 15) is 18.0 Å². The summed E-state index contributed by atoms with van der Waals surface area (Å²) in [7, 11) is -1.22. The Kier molecular flexibility index (Phi) is 5.34. The van der Waals surface area contributed by atoms with Crippen molar-refractivity contribution in [3.8, 4) is 0 Å². The first-order valence-corrected chi connectivity index (χ1v) is 10.9. The second-order valence-corrected chi connectivity index (χ2v) is 9.41. The Hall–Kier alpha value is -1.93. The smallest absolute Gasteiger partial charge is 0.255 e. The average Bonchev–Trinajstić information content (AvgIpc) is 2.92. The fourth-order valence-electron chi connectivity index (χ4n) is 3.50. The van der Waals surface area contributed by atoms with Crippen molar-refractivity contribution in [3.63, 3.8) is 0 Å². The van der Waals surface area contributed by atoms with Crippen molar-refractivity contribution in [1.29, 1.82) is 0 Å². The molecule has 142 valence electrons. The normalized spacial score (nSPS) is 19.5. The number of piperazine rings is 1. The molecule has 1 atom stereocenters. The van der Waals surface area contributed by atoms with Crippen molar-refractivity contribution in [3.05, 3.63) is 35.4 Å². The maximum absolute atomic E-state index is 13.1. The quantitative estimate of drug-likeness (QED) is 0.731. The number of sulfone groups is 1. The number of fused-ring (bicyclic) bond motifs is 1. The van der Waals surface area contributed by atoms with Gasteiger partial charge in [0.1, 0.15) is 15.9 Å². The Morgan fingerprint density at radius 3 is 2.42 bits per heavy atom. The van der Waals surface area contributed by atoms with E-state index in [-0.39, 0.29) is 24.0 Å². The van der Waals surface area contributed by atoms with Crippen LogP contribution >= 0.6 is 0 Å². The molecule has 1 aromatic rings. The number of carbonyl (C=O) groups is 2. The zero-order valence-electron chi connectivity index (χ0n) is 15.2. The van der Waals surface area contributed by atoms with E-state index in [0.717, 1.165) is 24.9 Å². The zero-order chi connectivity index (χ0) is 18.9. The van der Waals surface area contributed by atoms with Gasteiger partial charge < -0.3 is 14.7 Å². The third-order valence-electron chi connectivity index (χ3n) is 5.09. The molecule has 0 spiro atoms. The minimum atomic E-state index is -3.22. The van der Waals surface area contributed by atoms with Gasteiger partial charge in [0.05, 0.1) is 5.75 Å². The summed E-state index contributed by atoms with van der Waals surface area (Å²) in [5.74, 6) is -0.457. The third-order valence-corrected chi connectivity index (χ3v) is 6.06. The largest absolute Gasteiger partial charge is 0.338 e. The highest BCUT2D eigenvalue weighted by molar-refractivity contribution is 7.90. The predicted octanol–water partition coefficient (Wildman–Crippen LogP) is 0.220. The van der Waals surface area contributed by atoms with Crippen LogP contribution < -0.4 is 0 Å². The summed E-state index contributed by atoms with van der Waals surface area (Å²) >= 11 is 0. The van der Waals surface area contributed by atoms with Crippen LogP contribution in [0.5, 0.6) is 0 Å². The van der Waals surface area contributed by atoms with Gasteiger partial charge in [-0.15, -0.1) is 0 Å². The molecule has 2 aliphatic heterocycles. The van der Waals surface area contributed by atoms with Crippen LogP contribution in [0.25, 0.3) is 0 Å². The van der Waals surface area contributed by atoms with E-state index >= 15 is 0 Å². The van der Waals surface area contributed by atoms with Crippen LogP contribution in [0.1, 0.15) is 22.3 Å². The molecule has 1 fully saturated rings. The van der Waals surface area contributed by atoms with Crippen LogP contribution in [0.15, 0.2) is 24.3 Å². The summed E-state index contributed by atoms with van der Waals surface area (Å²) in [4.78, 5) is 31.4. The molecule has 2 aliphatic rings.